The molecule has 4 heteroatoms. The van der Waals surface area contributed by atoms with Crippen molar-refractivity contribution in [3.63, 3.8) is 0 Å². The van der Waals surface area contributed by atoms with Gasteiger partial charge in [0, 0.05) is 12.0 Å². The molecular formula is C14H16FNO2. The highest BCUT2D eigenvalue weighted by Gasteiger charge is 2.32. The van der Waals surface area contributed by atoms with Crippen LogP contribution >= 0.6 is 0 Å². The lowest BCUT2D eigenvalue weighted by molar-refractivity contribution is 0.0668. The van der Waals surface area contributed by atoms with Crippen LogP contribution in [0.1, 0.15) is 25.1 Å². The molecule has 1 aliphatic heterocycles. The van der Waals surface area contributed by atoms with Crippen molar-refractivity contribution in [3.05, 3.63) is 35.8 Å². The number of nitrogens with two attached hydrogens (primary N) is 1. The van der Waals surface area contributed by atoms with E-state index in [1.54, 1.807) is 12.1 Å². The van der Waals surface area contributed by atoms with Crippen molar-refractivity contribution in [3.8, 4) is 0 Å². The SMILES string of the molecule is CC1CCOC1C(N)c1cc2cc(F)ccc2o1. The van der Waals surface area contributed by atoms with E-state index in [1.165, 1.54) is 12.1 Å². The Morgan fingerprint density at radius 3 is 2.94 bits per heavy atom. The van der Waals surface area contributed by atoms with Crippen LogP contribution in [-0.2, 0) is 4.74 Å². The molecular weight excluding hydrogens is 233 g/mol. The molecule has 0 radical (unpaired) electrons. The van der Waals surface area contributed by atoms with Gasteiger partial charge in [-0.05, 0) is 36.6 Å². The Labute approximate surface area is 105 Å². The third-order valence-corrected chi connectivity index (χ3v) is 3.62. The van der Waals surface area contributed by atoms with Gasteiger partial charge < -0.3 is 14.9 Å². The minimum absolute atomic E-state index is 0.0181. The molecule has 3 atom stereocenters. The van der Waals surface area contributed by atoms with Gasteiger partial charge in [0.05, 0.1) is 12.1 Å². The van der Waals surface area contributed by atoms with Crippen LogP contribution in [0.4, 0.5) is 4.39 Å². The fourth-order valence-electron chi connectivity index (χ4n) is 2.54. The molecule has 1 aliphatic rings. The van der Waals surface area contributed by atoms with Crippen LogP contribution in [-0.4, -0.2) is 12.7 Å². The molecule has 2 aromatic rings. The number of ether oxygens (including phenoxy) is 1. The first-order chi connectivity index (χ1) is 8.65. The second-order valence-corrected chi connectivity index (χ2v) is 4.96. The molecule has 2 heterocycles. The maximum atomic E-state index is 13.1. The number of furan rings is 1. The van der Waals surface area contributed by atoms with Gasteiger partial charge >= 0.3 is 0 Å². The Morgan fingerprint density at radius 2 is 2.22 bits per heavy atom. The van der Waals surface area contributed by atoms with E-state index < -0.39 is 0 Å². The Balaban J connectivity index is 1.93. The number of halogens is 1. The maximum absolute atomic E-state index is 13.1. The van der Waals surface area contributed by atoms with Gasteiger partial charge in [-0.1, -0.05) is 6.92 Å². The van der Waals surface area contributed by atoms with Crippen molar-refractivity contribution in [2.45, 2.75) is 25.5 Å². The summed E-state index contributed by atoms with van der Waals surface area (Å²) >= 11 is 0. The zero-order valence-corrected chi connectivity index (χ0v) is 10.2. The minimum atomic E-state index is -0.294. The fraction of sp³-hybridized carbons (Fsp3) is 0.429. The van der Waals surface area contributed by atoms with Crippen LogP contribution in [0.3, 0.4) is 0 Å². The molecule has 3 nitrogen and oxygen atoms in total. The third kappa shape index (κ3) is 1.91. The van der Waals surface area contributed by atoms with Crippen LogP contribution in [0.2, 0.25) is 0 Å². The van der Waals surface area contributed by atoms with Crippen LogP contribution in [0, 0.1) is 11.7 Å². The molecule has 96 valence electrons. The van der Waals surface area contributed by atoms with Crippen LogP contribution in [0.15, 0.2) is 28.7 Å². The molecule has 1 aromatic heterocycles. The lowest BCUT2D eigenvalue weighted by atomic mass is 9.96. The summed E-state index contributed by atoms with van der Waals surface area (Å²) < 4.78 is 24.4. The first kappa shape index (κ1) is 11.7. The average Bonchev–Trinajstić information content (AvgIpc) is 2.93. The lowest BCUT2D eigenvalue weighted by Gasteiger charge is -2.20. The molecule has 0 bridgehead atoms. The summed E-state index contributed by atoms with van der Waals surface area (Å²) in [6.07, 6.45) is 1.00. The number of rotatable bonds is 2. The van der Waals surface area contributed by atoms with Gasteiger partial charge in [-0.3, -0.25) is 0 Å². The standard InChI is InChI=1S/C14H16FNO2/c1-8-4-5-17-14(8)13(16)12-7-9-6-10(15)2-3-11(9)18-12/h2-3,6-8,13-14H,4-5,16H2,1H3. The Kier molecular flexibility index (Phi) is 2.84. The van der Waals surface area contributed by atoms with Crippen LogP contribution < -0.4 is 5.73 Å². The third-order valence-electron chi connectivity index (χ3n) is 3.62. The van der Waals surface area contributed by atoms with Gasteiger partial charge in [0.1, 0.15) is 17.2 Å². The summed E-state index contributed by atoms with van der Waals surface area (Å²) in [5.74, 6) is 0.813. The van der Waals surface area contributed by atoms with E-state index in [2.05, 4.69) is 6.92 Å². The van der Waals surface area contributed by atoms with Gasteiger partial charge in [-0.25, -0.2) is 4.39 Å². The number of benzene rings is 1. The summed E-state index contributed by atoms with van der Waals surface area (Å²) in [7, 11) is 0. The van der Waals surface area contributed by atoms with Crippen molar-refractivity contribution in [1.82, 2.24) is 0 Å². The summed E-state index contributed by atoms with van der Waals surface area (Å²) in [5.41, 5.74) is 6.84. The van der Waals surface area contributed by atoms with E-state index in [-0.39, 0.29) is 18.0 Å². The van der Waals surface area contributed by atoms with E-state index in [1.807, 2.05) is 0 Å². The quantitative estimate of drug-likeness (QED) is 0.890. The molecule has 0 saturated carbocycles. The highest BCUT2D eigenvalue weighted by molar-refractivity contribution is 5.78. The zero-order valence-electron chi connectivity index (χ0n) is 10.2. The van der Waals surface area contributed by atoms with Crippen LogP contribution in [0.25, 0.3) is 11.0 Å². The predicted molar refractivity (Wildman–Crippen MR) is 66.6 cm³/mol. The second kappa shape index (κ2) is 4.37. The minimum Gasteiger partial charge on any atom is -0.459 e. The lowest BCUT2D eigenvalue weighted by Crippen LogP contribution is -2.29. The summed E-state index contributed by atoms with van der Waals surface area (Å²) in [5, 5.41) is 0.742. The first-order valence-electron chi connectivity index (χ1n) is 6.21. The molecule has 18 heavy (non-hydrogen) atoms. The largest absolute Gasteiger partial charge is 0.459 e. The number of hydrogen-bond acceptors (Lipinski definition) is 3. The van der Waals surface area contributed by atoms with E-state index in [9.17, 15) is 4.39 Å². The second-order valence-electron chi connectivity index (χ2n) is 4.96. The van der Waals surface area contributed by atoms with Crippen molar-refractivity contribution in [1.29, 1.82) is 0 Å². The monoisotopic (exact) mass is 249 g/mol. The average molecular weight is 249 g/mol. The molecule has 3 rings (SSSR count). The fourth-order valence-corrected chi connectivity index (χ4v) is 2.54. The molecule has 1 saturated heterocycles. The molecule has 0 aliphatic carbocycles. The highest BCUT2D eigenvalue weighted by atomic mass is 19.1. The van der Waals surface area contributed by atoms with Gasteiger partial charge in [-0.15, -0.1) is 0 Å². The van der Waals surface area contributed by atoms with Crippen molar-refractivity contribution < 1.29 is 13.5 Å². The van der Waals surface area contributed by atoms with Gasteiger partial charge in [-0.2, -0.15) is 0 Å². The molecule has 0 spiro atoms. The van der Waals surface area contributed by atoms with Gasteiger partial charge in [0.25, 0.3) is 0 Å². The van der Waals surface area contributed by atoms with Crippen molar-refractivity contribution in [2.24, 2.45) is 11.7 Å². The molecule has 1 fully saturated rings. The highest BCUT2D eigenvalue weighted by Crippen LogP contribution is 2.32. The Hall–Kier alpha value is -1.39. The molecule has 2 N–H and O–H groups in total. The number of hydrogen-bond donors (Lipinski definition) is 1. The van der Waals surface area contributed by atoms with Gasteiger partial charge in [0.15, 0.2) is 0 Å². The maximum Gasteiger partial charge on any atom is 0.134 e. The Morgan fingerprint density at radius 1 is 1.39 bits per heavy atom. The molecule has 3 unspecified atom stereocenters. The van der Waals surface area contributed by atoms with Gasteiger partial charge in [0.2, 0.25) is 0 Å². The Bertz CT molecular complexity index is 566. The summed E-state index contributed by atoms with van der Waals surface area (Å²) in [6, 6.07) is 5.97. The van der Waals surface area contributed by atoms with E-state index >= 15 is 0 Å². The van der Waals surface area contributed by atoms with Crippen LogP contribution in [0.5, 0.6) is 0 Å². The zero-order chi connectivity index (χ0) is 12.7. The first-order valence-corrected chi connectivity index (χ1v) is 6.21. The summed E-state index contributed by atoms with van der Waals surface area (Å²) in [6.45, 7) is 2.87. The van der Waals surface area contributed by atoms with Crippen molar-refractivity contribution in [2.75, 3.05) is 6.61 Å². The van der Waals surface area contributed by atoms with E-state index in [0.717, 1.165) is 18.4 Å². The van der Waals surface area contributed by atoms with Crippen molar-refractivity contribution >= 4 is 11.0 Å². The number of fused-ring (bicyclic) bond motifs is 1. The van der Waals surface area contributed by atoms with E-state index in [0.29, 0.717) is 17.3 Å². The topological polar surface area (TPSA) is 48.4 Å². The summed E-state index contributed by atoms with van der Waals surface area (Å²) in [4.78, 5) is 0. The molecule has 0 amide bonds. The normalized spacial score (nSPS) is 25.7. The van der Waals surface area contributed by atoms with E-state index in [4.69, 9.17) is 14.9 Å². The molecule has 1 aromatic carbocycles. The predicted octanol–water partition coefficient (Wildman–Crippen LogP) is 3.00. The smallest absolute Gasteiger partial charge is 0.134 e.